The highest BCUT2D eigenvalue weighted by molar-refractivity contribution is 5.76. The molecule has 1 saturated heterocycles. The molecule has 1 fully saturated rings. The van der Waals surface area contributed by atoms with Crippen LogP contribution in [0.15, 0.2) is 53.8 Å². The number of nitrogen functional groups attached to an aromatic ring is 1. The van der Waals surface area contributed by atoms with Crippen LogP contribution in [0.1, 0.15) is 24.6 Å². The van der Waals surface area contributed by atoms with Gasteiger partial charge >= 0.3 is 11.9 Å². The lowest BCUT2D eigenvalue weighted by Crippen LogP contribution is -2.45. The number of rotatable bonds is 8. The molecule has 11 heteroatoms. The van der Waals surface area contributed by atoms with E-state index in [2.05, 4.69) is 15.1 Å². The van der Waals surface area contributed by atoms with Crippen molar-refractivity contribution in [1.82, 2.24) is 14.6 Å². The molecule has 0 amide bonds. The van der Waals surface area contributed by atoms with Crippen LogP contribution in [0.2, 0.25) is 0 Å². The van der Waals surface area contributed by atoms with Crippen molar-refractivity contribution in [3.63, 3.8) is 0 Å². The molecule has 11 nitrogen and oxygen atoms in total. The van der Waals surface area contributed by atoms with Crippen LogP contribution in [0.3, 0.4) is 0 Å². The van der Waals surface area contributed by atoms with E-state index >= 15 is 0 Å². The Balaban J connectivity index is 1.64. The number of carbonyl (C=O) groups excluding carboxylic acids is 2. The summed E-state index contributed by atoms with van der Waals surface area (Å²) < 4.78 is 18.8. The summed E-state index contributed by atoms with van der Waals surface area (Å²) in [7, 11) is 1.53. The predicted molar refractivity (Wildman–Crippen MR) is 126 cm³/mol. The van der Waals surface area contributed by atoms with Crippen molar-refractivity contribution < 1.29 is 28.9 Å². The molecule has 184 valence electrons. The number of ether oxygens (including phenoxy) is 3. The number of fused-ring (bicyclic) bond motifs is 1. The number of aliphatic hydroxyl groups is 1. The average molecular weight is 482 g/mol. The van der Waals surface area contributed by atoms with Crippen molar-refractivity contribution in [2.24, 2.45) is 4.99 Å². The van der Waals surface area contributed by atoms with Crippen LogP contribution in [-0.4, -0.2) is 69.8 Å². The summed E-state index contributed by atoms with van der Waals surface area (Å²) in [6.07, 6.45) is -0.628. The Hall–Kier alpha value is -3.83. The molecule has 0 unspecified atom stereocenters. The lowest BCUT2D eigenvalue weighted by Gasteiger charge is -2.28. The van der Waals surface area contributed by atoms with Gasteiger partial charge in [0.05, 0.1) is 12.1 Å². The molecule has 4 atom stereocenters. The minimum Gasteiger partial charge on any atom is -0.463 e. The van der Waals surface area contributed by atoms with Gasteiger partial charge in [-0.25, -0.2) is 9.50 Å². The fourth-order valence-electron chi connectivity index (χ4n) is 4.15. The molecule has 3 aromatic rings. The van der Waals surface area contributed by atoms with Gasteiger partial charge in [0.25, 0.3) is 0 Å². The Morgan fingerprint density at radius 1 is 1.26 bits per heavy atom. The number of hydrogen-bond donors (Lipinski definition) is 2. The molecule has 1 aromatic carbocycles. The number of esters is 2. The van der Waals surface area contributed by atoms with E-state index in [9.17, 15) is 14.7 Å². The Labute approximate surface area is 201 Å². The van der Waals surface area contributed by atoms with Crippen molar-refractivity contribution in [2.75, 3.05) is 19.4 Å². The quantitative estimate of drug-likeness (QED) is 0.356. The van der Waals surface area contributed by atoms with Gasteiger partial charge in [0, 0.05) is 19.7 Å². The van der Waals surface area contributed by atoms with Crippen molar-refractivity contribution >= 4 is 29.5 Å². The van der Waals surface area contributed by atoms with E-state index < -0.39 is 35.9 Å². The Bertz CT molecular complexity index is 1230. The molecule has 0 radical (unpaired) electrons. The number of hydrogen-bond acceptors (Lipinski definition) is 10. The minimum atomic E-state index is -1.56. The summed E-state index contributed by atoms with van der Waals surface area (Å²) in [6, 6.07) is 12.5. The number of nitrogens with two attached hydrogens (primary N) is 1. The Kier molecular flexibility index (Phi) is 7.08. The number of nitrogens with zero attached hydrogens (tertiary/aromatic N) is 4. The second kappa shape index (κ2) is 10.2. The van der Waals surface area contributed by atoms with Crippen LogP contribution >= 0.6 is 0 Å². The summed E-state index contributed by atoms with van der Waals surface area (Å²) in [5, 5.41) is 15.7. The summed E-state index contributed by atoms with van der Waals surface area (Å²) in [5.74, 6) is -0.776. The normalized spacial score (nSPS) is 24.1. The molecule has 3 N–H and O–H groups in total. The third-order valence-electron chi connectivity index (χ3n) is 5.82. The second-order valence-corrected chi connectivity index (χ2v) is 8.10. The molecule has 4 rings (SSSR count). The first kappa shape index (κ1) is 24.3. The zero-order valence-electron chi connectivity index (χ0n) is 19.4. The number of benzene rings is 1. The van der Waals surface area contributed by atoms with E-state index in [1.54, 1.807) is 19.1 Å². The fourth-order valence-corrected chi connectivity index (χ4v) is 4.15. The molecular formula is C24H27N5O6. The average Bonchev–Trinajstić information content (AvgIpc) is 3.40. The highest BCUT2D eigenvalue weighted by Crippen LogP contribution is 2.41. The number of aliphatic hydroxyl groups excluding tert-OH is 1. The maximum atomic E-state index is 12.5. The van der Waals surface area contributed by atoms with Crippen LogP contribution in [0, 0.1) is 0 Å². The van der Waals surface area contributed by atoms with Crippen molar-refractivity contribution in [2.45, 2.75) is 43.7 Å². The molecule has 1 aliphatic heterocycles. The van der Waals surface area contributed by atoms with Gasteiger partial charge in [-0.05, 0) is 17.7 Å². The monoisotopic (exact) mass is 481 g/mol. The number of aromatic nitrogens is 3. The van der Waals surface area contributed by atoms with Crippen molar-refractivity contribution in [3.05, 3.63) is 60.0 Å². The smallest absolute Gasteiger partial charge is 0.310 e. The topological polar surface area (TPSA) is 151 Å². The zero-order valence-corrected chi connectivity index (χ0v) is 19.4. The number of aliphatic imine (C=N–C) groups is 1. The molecule has 0 bridgehead atoms. The highest BCUT2D eigenvalue weighted by atomic mass is 16.6. The van der Waals surface area contributed by atoms with Gasteiger partial charge in [0.1, 0.15) is 30.7 Å². The molecule has 0 spiro atoms. The SMILES string of the molecule is CCC(=O)O[C@H]1[C@@H](O)[C@](C=NC)(c2ccc3c(N)ncnn23)O[C@@H]1COC(=O)Cc1ccccc1. The molecule has 0 saturated carbocycles. The Morgan fingerprint density at radius 3 is 2.74 bits per heavy atom. The van der Waals surface area contributed by atoms with Gasteiger partial charge in [-0.3, -0.25) is 14.6 Å². The molecular weight excluding hydrogens is 454 g/mol. The third kappa shape index (κ3) is 4.73. The van der Waals surface area contributed by atoms with E-state index in [1.165, 1.54) is 24.1 Å². The van der Waals surface area contributed by atoms with Crippen LogP contribution in [0.5, 0.6) is 0 Å². The first-order chi connectivity index (χ1) is 16.9. The van der Waals surface area contributed by atoms with E-state index in [1.807, 2.05) is 30.3 Å². The lowest BCUT2D eigenvalue weighted by atomic mass is 9.92. The van der Waals surface area contributed by atoms with E-state index in [-0.39, 0.29) is 25.3 Å². The van der Waals surface area contributed by atoms with Gasteiger partial charge < -0.3 is 25.1 Å². The van der Waals surface area contributed by atoms with Crippen LogP contribution in [0.25, 0.3) is 5.52 Å². The van der Waals surface area contributed by atoms with Gasteiger partial charge in [0.15, 0.2) is 17.5 Å². The Morgan fingerprint density at radius 2 is 2.03 bits per heavy atom. The summed E-state index contributed by atoms with van der Waals surface area (Å²) in [6.45, 7) is 1.39. The summed E-state index contributed by atoms with van der Waals surface area (Å²) >= 11 is 0. The standard InChI is InChI=1S/C24H27N5O6/c1-3-19(30)34-21-17(12-33-20(31)11-15-7-5-4-6-8-15)35-24(13-26-2,22(21)32)18-10-9-16-23(25)27-14-28-29(16)18/h4-10,13-14,17,21-22,32H,3,11-12H2,1-2H3,(H2,25,27,28)/t17-,21-,22-,24+/m1/s1. The van der Waals surface area contributed by atoms with Crippen molar-refractivity contribution in [3.8, 4) is 0 Å². The first-order valence-corrected chi connectivity index (χ1v) is 11.2. The first-order valence-electron chi connectivity index (χ1n) is 11.2. The molecule has 2 aromatic heterocycles. The third-order valence-corrected chi connectivity index (χ3v) is 5.82. The van der Waals surface area contributed by atoms with E-state index in [4.69, 9.17) is 19.9 Å². The lowest BCUT2D eigenvalue weighted by molar-refractivity contribution is -0.159. The minimum absolute atomic E-state index is 0.0661. The van der Waals surface area contributed by atoms with Crippen molar-refractivity contribution in [1.29, 1.82) is 0 Å². The van der Waals surface area contributed by atoms with E-state index in [0.717, 1.165) is 5.56 Å². The maximum absolute atomic E-state index is 12.5. The summed E-state index contributed by atoms with van der Waals surface area (Å²) in [4.78, 5) is 32.7. The molecule has 3 heterocycles. The number of anilines is 1. The highest BCUT2D eigenvalue weighted by Gasteiger charge is 2.58. The predicted octanol–water partition coefficient (Wildman–Crippen LogP) is 1.07. The van der Waals surface area contributed by atoms with Crippen LogP contribution < -0.4 is 5.73 Å². The van der Waals surface area contributed by atoms with Crippen LogP contribution in [0.4, 0.5) is 5.82 Å². The molecule has 0 aliphatic carbocycles. The fraction of sp³-hybridized carbons (Fsp3) is 0.375. The maximum Gasteiger partial charge on any atom is 0.310 e. The summed E-state index contributed by atoms with van der Waals surface area (Å²) in [5.41, 5.74) is 6.10. The van der Waals surface area contributed by atoms with Gasteiger partial charge in [0.2, 0.25) is 0 Å². The van der Waals surface area contributed by atoms with Gasteiger partial charge in [-0.1, -0.05) is 37.3 Å². The zero-order chi connectivity index (χ0) is 25.0. The van der Waals surface area contributed by atoms with Gasteiger partial charge in [-0.15, -0.1) is 0 Å². The molecule has 1 aliphatic rings. The van der Waals surface area contributed by atoms with Crippen LogP contribution in [-0.2, 0) is 35.8 Å². The largest absolute Gasteiger partial charge is 0.463 e. The second-order valence-electron chi connectivity index (χ2n) is 8.10. The van der Waals surface area contributed by atoms with Gasteiger partial charge in [-0.2, -0.15) is 5.10 Å². The molecule has 35 heavy (non-hydrogen) atoms. The number of carbonyl (C=O) groups is 2. The van der Waals surface area contributed by atoms with E-state index in [0.29, 0.717) is 11.2 Å².